The lowest BCUT2D eigenvalue weighted by Crippen LogP contribution is -2.65. The van der Waals surface area contributed by atoms with E-state index < -0.39 is 73.6 Å². The van der Waals surface area contributed by atoms with E-state index in [9.17, 15) is 51.1 Å². The van der Waals surface area contributed by atoms with Crippen molar-refractivity contribution < 1.29 is 60.5 Å². The quantitative estimate of drug-likeness (QED) is 0.153. The van der Waals surface area contributed by atoms with Crippen LogP contribution in [0, 0.1) is 0 Å². The first-order valence-corrected chi connectivity index (χ1v) is 10.1. The van der Waals surface area contributed by atoms with Crippen LogP contribution in [0.25, 0.3) is 0 Å². The third kappa shape index (κ3) is 5.28. The summed E-state index contributed by atoms with van der Waals surface area (Å²) >= 11 is 0. The van der Waals surface area contributed by atoms with Crippen LogP contribution in [0.1, 0.15) is 38.5 Å². The Morgan fingerprint density at radius 2 is 0.867 bits per heavy atom. The highest BCUT2D eigenvalue weighted by Crippen LogP contribution is 2.34. The van der Waals surface area contributed by atoms with Gasteiger partial charge in [-0.2, -0.15) is 0 Å². The lowest BCUT2D eigenvalue weighted by molar-refractivity contribution is -0.352. The molecule has 10 atom stereocenters. The summed E-state index contributed by atoms with van der Waals surface area (Å²) in [7, 11) is 0. The molecule has 0 saturated carbocycles. The molecule has 2 aliphatic rings. The Kier molecular flexibility index (Phi) is 8.96. The Labute approximate surface area is 173 Å². The molecule has 30 heavy (non-hydrogen) atoms. The Balaban J connectivity index is 1.78. The zero-order valence-electron chi connectivity index (χ0n) is 16.6. The lowest BCUT2D eigenvalue weighted by atomic mass is 9.88. The predicted octanol–water partition coefficient (Wildman–Crippen LogP) is -4.35. The molecule has 2 fully saturated rings. The minimum absolute atomic E-state index is 0.0880. The molecule has 0 aliphatic carbocycles. The average Bonchev–Trinajstić information content (AvgIpc) is 2.73. The van der Waals surface area contributed by atoms with Crippen molar-refractivity contribution in [2.45, 2.75) is 98.9 Å². The first-order valence-electron chi connectivity index (χ1n) is 10.1. The average molecular weight is 442 g/mol. The van der Waals surface area contributed by atoms with Gasteiger partial charge in [0.1, 0.15) is 48.8 Å². The molecule has 0 unspecified atom stereocenters. The number of aliphatic hydroxyl groups excluding tert-OH is 8. The van der Waals surface area contributed by atoms with Crippen molar-refractivity contribution in [2.24, 2.45) is 0 Å². The Hall–Kier alpha value is -0.480. The molecule has 0 radical (unpaired) electrons. The standard InChI is InChI=1S/C18H34O12/c19-7-9-11(21)13(23)15(25)17(27,29-9)5-3-1-2-4-6-18(28)16(26)14(24)12(22)10(8-20)30-18/h9-16,19-28H,1-8H2/t9-,10-,11-,12-,13+,14+,15-,16-,17+,18+/m1/s1. The highest BCUT2D eigenvalue weighted by molar-refractivity contribution is 4.97. The van der Waals surface area contributed by atoms with Crippen molar-refractivity contribution in [1.82, 2.24) is 0 Å². The summed E-state index contributed by atoms with van der Waals surface area (Å²) in [6, 6.07) is 0. The number of hydrogen-bond donors (Lipinski definition) is 10. The van der Waals surface area contributed by atoms with Gasteiger partial charge in [0, 0.05) is 12.8 Å². The molecule has 2 heterocycles. The number of ether oxygens (including phenoxy) is 2. The van der Waals surface area contributed by atoms with Gasteiger partial charge < -0.3 is 60.5 Å². The largest absolute Gasteiger partial charge is 0.394 e. The van der Waals surface area contributed by atoms with Gasteiger partial charge in [0.15, 0.2) is 11.6 Å². The molecule has 0 aromatic carbocycles. The van der Waals surface area contributed by atoms with Crippen LogP contribution in [0.3, 0.4) is 0 Å². The maximum Gasteiger partial charge on any atom is 0.195 e. The van der Waals surface area contributed by atoms with Crippen LogP contribution in [-0.2, 0) is 9.47 Å². The molecule has 0 aromatic heterocycles. The molecular formula is C18H34O12. The minimum atomic E-state index is -2.14. The highest BCUT2D eigenvalue weighted by atomic mass is 16.7. The summed E-state index contributed by atoms with van der Waals surface area (Å²) in [4.78, 5) is 0. The summed E-state index contributed by atoms with van der Waals surface area (Å²) in [5, 5.41) is 98.4. The van der Waals surface area contributed by atoms with E-state index in [1.165, 1.54) is 0 Å². The molecule has 10 N–H and O–H groups in total. The molecule has 178 valence electrons. The summed E-state index contributed by atoms with van der Waals surface area (Å²) < 4.78 is 10.3. The maximum absolute atomic E-state index is 10.5. The number of unbranched alkanes of at least 4 members (excludes halogenated alkanes) is 3. The molecular weight excluding hydrogens is 408 g/mol. The second-order valence-corrected chi connectivity index (χ2v) is 8.13. The second kappa shape index (κ2) is 10.4. The third-order valence-corrected chi connectivity index (χ3v) is 5.92. The SMILES string of the molecule is OC[C@H]1O[C@@](O)(CCCCCC[C@]2(O)O[C@H](CO)[C@@H](O)[C@H](O)[C@H]2O)[C@H](O)[C@@H](O)[C@@H]1O. The van der Waals surface area contributed by atoms with Crippen molar-refractivity contribution in [3.63, 3.8) is 0 Å². The highest BCUT2D eigenvalue weighted by Gasteiger charge is 2.53. The van der Waals surface area contributed by atoms with Crippen molar-refractivity contribution in [3.05, 3.63) is 0 Å². The van der Waals surface area contributed by atoms with Crippen molar-refractivity contribution in [3.8, 4) is 0 Å². The van der Waals surface area contributed by atoms with Crippen molar-refractivity contribution in [2.75, 3.05) is 13.2 Å². The number of rotatable bonds is 9. The van der Waals surface area contributed by atoms with Crippen LogP contribution < -0.4 is 0 Å². The molecule has 12 heteroatoms. The van der Waals surface area contributed by atoms with Gasteiger partial charge in [0.25, 0.3) is 0 Å². The molecule has 0 aromatic rings. The summed E-state index contributed by atoms with van der Waals surface area (Å²) in [6.45, 7) is -1.30. The Bertz CT molecular complexity index is 487. The number of aliphatic hydroxyl groups is 10. The molecule has 2 saturated heterocycles. The predicted molar refractivity (Wildman–Crippen MR) is 97.6 cm³/mol. The van der Waals surface area contributed by atoms with Crippen LogP contribution in [-0.4, -0.2) is 125 Å². The summed E-state index contributed by atoms with van der Waals surface area (Å²) in [5.74, 6) is -4.27. The fourth-order valence-corrected chi connectivity index (χ4v) is 3.96. The molecule has 12 nitrogen and oxygen atoms in total. The molecule has 0 bridgehead atoms. The summed E-state index contributed by atoms with van der Waals surface area (Å²) in [6.07, 6.45) is -11.0. The van der Waals surface area contributed by atoms with Crippen LogP contribution >= 0.6 is 0 Å². The topological polar surface area (TPSA) is 221 Å². The van der Waals surface area contributed by atoms with Crippen LogP contribution in [0.5, 0.6) is 0 Å². The third-order valence-electron chi connectivity index (χ3n) is 5.92. The van der Waals surface area contributed by atoms with E-state index in [4.69, 9.17) is 9.47 Å². The molecule has 2 rings (SSSR count). The zero-order valence-corrected chi connectivity index (χ0v) is 16.6. The fourth-order valence-electron chi connectivity index (χ4n) is 3.96. The first kappa shape index (κ1) is 25.8. The van der Waals surface area contributed by atoms with E-state index in [1.807, 2.05) is 0 Å². The molecule has 2 aliphatic heterocycles. The van der Waals surface area contributed by atoms with Crippen LogP contribution in [0.15, 0.2) is 0 Å². The monoisotopic (exact) mass is 442 g/mol. The van der Waals surface area contributed by atoms with Gasteiger partial charge in [-0.15, -0.1) is 0 Å². The number of hydrogen-bond acceptors (Lipinski definition) is 12. The first-order chi connectivity index (χ1) is 14.0. The smallest absolute Gasteiger partial charge is 0.195 e. The van der Waals surface area contributed by atoms with Crippen molar-refractivity contribution in [1.29, 1.82) is 0 Å². The van der Waals surface area contributed by atoms with E-state index in [0.717, 1.165) is 0 Å². The van der Waals surface area contributed by atoms with E-state index in [-0.39, 0.29) is 12.8 Å². The van der Waals surface area contributed by atoms with E-state index in [1.54, 1.807) is 0 Å². The van der Waals surface area contributed by atoms with Gasteiger partial charge in [-0.3, -0.25) is 0 Å². The van der Waals surface area contributed by atoms with E-state index >= 15 is 0 Å². The van der Waals surface area contributed by atoms with Gasteiger partial charge in [-0.05, 0) is 12.8 Å². The van der Waals surface area contributed by atoms with Crippen LogP contribution in [0.2, 0.25) is 0 Å². The van der Waals surface area contributed by atoms with E-state index in [0.29, 0.717) is 25.7 Å². The van der Waals surface area contributed by atoms with Gasteiger partial charge in [0.2, 0.25) is 0 Å². The molecule has 0 amide bonds. The second-order valence-electron chi connectivity index (χ2n) is 8.13. The van der Waals surface area contributed by atoms with Gasteiger partial charge in [-0.25, -0.2) is 0 Å². The molecule has 0 spiro atoms. The fraction of sp³-hybridized carbons (Fsp3) is 1.00. The summed E-state index contributed by atoms with van der Waals surface area (Å²) in [5.41, 5.74) is 0. The Morgan fingerprint density at radius 3 is 1.17 bits per heavy atom. The van der Waals surface area contributed by atoms with Gasteiger partial charge in [-0.1, -0.05) is 12.8 Å². The zero-order chi connectivity index (χ0) is 22.7. The van der Waals surface area contributed by atoms with E-state index in [2.05, 4.69) is 0 Å². The van der Waals surface area contributed by atoms with Crippen LogP contribution in [0.4, 0.5) is 0 Å². The van der Waals surface area contributed by atoms with Crippen molar-refractivity contribution >= 4 is 0 Å². The van der Waals surface area contributed by atoms with Gasteiger partial charge >= 0.3 is 0 Å². The lowest BCUT2D eigenvalue weighted by Gasteiger charge is -2.45. The normalized spacial score (nSPS) is 47.4. The maximum atomic E-state index is 10.5. The Morgan fingerprint density at radius 1 is 0.533 bits per heavy atom. The van der Waals surface area contributed by atoms with Gasteiger partial charge in [0.05, 0.1) is 13.2 Å². The minimum Gasteiger partial charge on any atom is -0.394 e.